The number of thiol groups is 1. The van der Waals surface area contributed by atoms with E-state index < -0.39 is 34.6 Å². The molecule has 1 unspecified atom stereocenters. The Morgan fingerprint density at radius 2 is 1.98 bits per heavy atom. The Labute approximate surface area is 232 Å². The first-order chi connectivity index (χ1) is 19.0. The number of benzene rings is 1. The van der Waals surface area contributed by atoms with Crippen LogP contribution in [-0.2, 0) is 41.9 Å². The highest BCUT2D eigenvalue weighted by Crippen LogP contribution is 2.24. The third kappa shape index (κ3) is 6.03. The fourth-order valence-corrected chi connectivity index (χ4v) is 5.05. The largest absolute Gasteiger partial charge is 0.496 e. The number of ketones is 1. The molecule has 3 aromatic rings. The van der Waals surface area contributed by atoms with Crippen LogP contribution in [0.1, 0.15) is 42.6 Å². The normalized spacial score (nSPS) is 15.6. The Morgan fingerprint density at radius 1 is 1.23 bits per heavy atom. The second-order valence-corrected chi connectivity index (χ2v) is 10.7. The number of Topliss-reactive ketones (excluding diaryl/α,β-unsaturated/α-hetero) is 1. The summed E-state index contributed by atoms with van der Waals surface area (Å²) >= 11 is 0. The van der Waals surface area contributed by atoms with E-state index in [1.165, 1.54) is 36.9 Å². The van der Waals surface area contributed by atoms with E-state index in [9.17, 15) is 22.8 Å². The van der Waals surface area contributed by atoms with E-state index in [1.54, 1.807) is 4.57 Å². The number of carbonyl (C=O) groups is 1. The molecular formula is C26H34N6O7S. The van der Waals surface area contributed by atoms with Crippen LogP contribution in [0.3, 0.4) is 0 Å². The van der Waals surface area contributed by atoms with Crippen molar-refractivity contribution < 1.29 is 22.1 Å². The minimum Gasteiger partial charge on any atom is -0.496 e. The molecule has 216 valence electrons. The molecule has 1 atom stereocenters. The Hall–Kier alpha value is -3.75. The number of methoxy groups -OCH3 is 1. The van der Waals surface area contributed by atoms with Crippen molar-refractivity contribution in [2.24, 2.45) is 12.8 Å². The van der Waals surface area contributed by atoms with Crippen LogP contribution in [-0.4, -0.2) is 59.1 Å². The summed E-state index contributed by atoms with van der Waals surface area (Å²) < 4.78 is 35.6. The number of piperidine rings is 1. The van der Waals surface area contributed by atoms with Crippen molar-refractivity contribution in [2.75, 3.05) is 25.1 Å². The molecule has 3 heterocycles. The second-order valence-electron chi connectivity index (χ2n) is 10.0. The van der Waals surface area contributed by atoms with Gasteiger partial charge in [-0.1, -0.05) is 11.6 Å². The van der Waals surface area contributed by atoms with Gasteiger partial charge in [-0.15, -0.1) is 0 Å². The predicted molar refractivity (Wildman–Crippen MR) is 151 cm³/mol. The summed E-state index contributed by atoms with van der Waals surface area (Å²) in [4.78, 5) is 47.1. The first-order valence-electron chi connectivity index (χ1n) is 12.8. The molecule has 1 aliphatic heterocycles. The van der Waals surface area contributed by atoms with Crippen molar-refractivity contribution in [3.05, 3.63) is 61.8 Å². The van der Waals surface area contributed by atoms with Gasteiger partial charge in [-0.25, -0.2) is 13.2 Å². The number of aryl methyl sites for hydroxylation is 1. The van der Waals surface area contributed by atoms with Gasteiger partial charge in [0.2, 0.25) is 5.95 Å². The van der Waals surface area contributed by atoms with Crippen LogP contribution in [0, 0.1) is 0 Å². The van der Waals surface area contributed by atoms with E-state index in [2.05, 4.69) is 4.18 Å². The molecule has 0 radical (unpaired) electrons. The molecule has 0 spiro atoms. The number of aromatic nitrogens is 4. The summed E-state index contributed by atoms with van der Waals surface area (Å²) in [5, 5.41) is 0. The molecule has 40 heavy (non-hydrogen) atoms. The van der Waals surface area contributed by atoms with Crippen molar-refractivity contribution in [1.29, 1.82) is 0 Å². The number of anilines is 1. The summed E-state index contributed by atoms with van der Waals surface area (Å²) in [6.45, 7) is 4.69. The van der Waals surface area contributed by atoms with Crippen molar-refractivity contribution in [3.8, 4) is 5.75 Å². The van der Waals surface area contributed by atoms with Crippen molar-refractivity contribution >= 4 is 33.9 Å². The van der Waals surface area contributed by atoms with E-state index >= 15 is 0 Å². The SMILES string of the molecule is COc1ccc(C(=O)Cn2c(=O)c3c(nc(N4CCCC(N)C4)n3CC=C(C)C)n(C)c2=O)cc1CO[SH](=O)=O. The molecule has 4 rings (SSSR count). The molecule has 1 saturated heterocycles. The third-order valence-electron chi connectivity index (χ3n) is 6.86. The maximum Gasteiger partial charge on any atom is 0.332 e. The molecule has 13 nitrogen and oxygen atoms in total. The summed E-state index contributed by atoms with van der Waals surface area (Å²) in [5.74, 6) is 0.359. The maximum absolute atomic E-state index is 13.8. The molecule has 0 saturated carbocycles. The number of imidazole rings is 1. The molecule has 2 N–H and O–H groups in total. The third-order valence-corrected chi connectivity index (χ3v) is 7.20. The Morgan fingerprint density at radius 3 is 2.62 bits per heavy atom. The highest BCUT2D eigenvalue weighted by Gasteiger charge is 2.26. The van der Waals surface area contributed by atoms with Crippen molar-refractivity contribution in [2.45, 2.75) is 52.4 Å². The monoisotopic (exact) mass is 574 g/mol. The lowest BCUT2D eigenvalue weighted by Crippen LogP contribution is -2.44. The Balaban J connectivity index is 1.80. The molecule has 14 heteroatoms. The van der Waals surface area contributed by atoms with Crippen LogP contribution in [0.5, 0.6) is 5.75 Å². The fraction of sp³-hybridized carbons (Fsp3) is 0.462. The molecule has 0 amide bonds. The number of allylic oxidation sites excluding steroid dienone is 2. The van der Waals surface area contributed by atoms with Crippen LogP contribution < -0.4 is 26.6 Å². The molecule has 0 aliphatic carbocycles. The van der Waals surface area contributed by atoms with Crippen molar-refractivity contribution in [1.82, 2.24) is 18.7 Å². The van der Waals surface area contributed by atoms with Gasteiger partial charge in [0.1, 0.15) is 5.75 Å². The van der Waals surface area contributed by atoms with Gasteiger partial charge in [0.25, 0.3) is 16.5 Å². The van der Waals surface area contributed by atoms with Gasteiger partial charge in [0.15, 0.2) is 16.9 Å². The Bertz CT molecular complexity index is 1650. The number of hydrogen-bond acceptors (Lipinski definition) is 10. The zero-order valence-electron chi connectivity index (χ0n) is 23.0. The van der Waals surface area contributed by atoms with Crippen LogP contribution in [0.4, 0.5) is 5.95 Å². The van der Waals surface area contributed by atoms with E-state index in [1.807, 2.05) is 24.8 Å². The van der Waals surface area contributed by atoms with Gasteiger partial charge in [0, 0.05) is 43.9 Å². The summed E-state index contributed by atoms with van der Waals surface area (Å²) in [6.07, 6.45) is 3.74. The molecule has 1 aliphatic rings. The lowest BCUT2D eigenvalue weighted by molar-refractivity contribution is 0.0968. The zero-order chi connectivity index (χ0) is 29.1. The summed E-state index contributed by atoms with van der Waals surface area (Å²) in [6, 6.07) is 4.37. The van der Waals surface area contributed by atoms with Crippen LogP contribution in [0.2, 0.25) is 0 Å². The Kier molecular flexibility index (Phi) is 8.91. The molecule has 2 aromatic heterocycles. The number of fused-ring (bicyclic) bond motifs is 1. The highest BCUT2D eigenvalue weighted by molar-refractivity contribution is 7.67. The van der Waals surface area contributed by atoms with E-state index in [4.69, 9.17) is 15.5 Å². The van der Waals surface area contributed by atoms with Crippen LogP contribution in [0.15, 0.2) is 39.4 Å². The highest BCUT2D eigenvalue weighted by atomic mass is 32.2. The molecule has 1 fully saturated rings. The topological polar surface area (TPSA) is 161 Å². The van der Waals surface area contributed by atoms with Gasteiger partial charge < -0.3 is 19.9 Å². The second kappa shape index (κ2) is 12.2. The van der Waals surface area contributed by atoms with Crippen molar-refractivity contribution in [3.63, 3.8) is 0 Å². The number of carbonyl (C=O) groups excluding carboxylic acids is 1. The quantitative estimate of drug-likeness (QED) is 0.201. The van der Waals surface area contributed by atoms with Crippen LogP contribution in [0.25, 0.3) is 11.2 Å². The zero-order valence-corrected chi connectivity index (χ0v) is 23.8. The maximum atomic E-state index is 13.8. The molecule has 1 aromatic carbocycles. The minimum atomic E-state index is -3.10. The number of rotatable bonds is 10. The lowest BCUT2D eigenvalue weighted by atomic mass is 10.1. The summed E-state index contributed by atoms with van der Waals surface area (Å²) in [5.41, 5.74) is 6.88. The molecular weight excluding hydrogens is 540 g/mol. The van der Waals surface area contributed by atoms with Gasteiger partial charge >= 0.3 is 5.69 Å². The van der Waals surface area contributed by atoms with Gasteiger partial charge in [0.05, 0.1) is 20.3 Å². The fourth-order valence-electron chi connectivity index (χ4n) is 4.80. The standard InChI is InChI=1S/C26H34N6O7S/c1-16(2)9-11-31-22-23(28-25(31)30-10-5-6-19(27)13-30)29(3)26(35)32(24(22)34)14-20(33)17-7-8-21(38-4)18(12-17)15-39-40(36)37/h7-9,12,19,40H,5-6,10-11,13-15,27H2,1-4H3. The average molecular weight is 575 g/mol. The lowest BCUT2D eigenvalue weighted by Gasteiger charge is -2.31. The van der Waals surface area contributed by atoms with Gasteiger partial charge in [-0.2, -0.15) is 4.98 Å². The number of nitrogens with two attached hydrogens (primary N) is 1. The first kappa shape index (κ1) is 29.2. The van der Waals surface area contributed by atoms with E-state index in [0.717, 1.165) is 29.5 Å². The van der Waals surface area contributed by atoms with Gasteiger partial charge in [-0.3, -0.25) is 22.9 Å². The first-order valence-corrected chi connectivity index (χ1v) is 13.9. The minimum absolute atomic E-state index is 0.0300. The van der Waals surface area contributed by atoms with E-state index in [-0.39, 0.29) is 29.4 Å². The predicted octanol–water partition coefficient (Wildman–Crippen LogP) is 0.725. The van der Waals surface area contributed by atoms with Crippen LogP contribution >= 0.6 is 0 Å². The average Bonchev–Trinajstić information content (AvgIpc) is 3.31. The van der Waals surface area contributed by atoms with Gasteiger partial charge in [-0.05, 0) is 44.9 Å². The summed E-state index contributed by atoms with van der Waals surface area (Å²) in [7, 11) is -0.186. The smallest absolute Gasteiger partial charge is 0.332 e. The number of ether oxygens (including phenoxy) is 1. The number of nitrogens with zero attached hydrogens (tertiary/aromatic N) is 5. The molecule has 0 bridgehead atoms. The van der Waals surface area contributed by atoms with E-state index in [0.29, 0.717) is 30.4 Å². The number of hydrogen-bond donors (Lipinski definition) is 2.